The zero-order chi connectivity index (χ0) is 21.7. The van der Waals surface area contributed by atoms with Crippen molar-refractivity contribution < 1.29 is 19.1 Å². The number of rotatable bonds is 8. The Morgan fingerprint density at radius 1 is 1.20 bits per heavy atom. The third kappa shape index (κ3) is 4.85. The van der Waals surface area contributed by atoms with Crippen molar-refractivity contribution in [3.8, 4) is 0 Å². The predicted molar refractivity (Wildman–Crippen MR) is 115 cm³/mol. The minimum atomic E-state index is -0.406. The molecule has 0 fully saturated rings. The number of benzene rings is 1. The molecular weight excluding hydrogens is 404 g/mol. The van der Waals surface area contributed by atoms with Crippen molar-refractivity contribution in [1.29, 1.82) is 0 Å². The number of aromatic nitrogens is 3. The average Bonchev–Trinajstić information content (AvgIpc) is 3.33. The Balaban J connectivity index is 2.03. The smallest absolute Gasteiger partial charge is 0.338 e. The molecule has 0 saturated carbocycles. The van der Waals surface area contributed by atoms with E-state index in [-0.39, 0.29) is 12.0 Å². The van der Waals surface area contributed by atoms with Gasteiger partial charge in [0.15, 0.2) is 10.5 Å². The van der Waals surface area contributed by atoms with Crippen molar-refractivity contribution in [2.75, 3.05) is 19.8 Å². The van der Waals surface area contributed by atoms with Crippen LogP contribution in [0.2, 0.25) is 0 Å². The van der Waals surface area contributed by atoms with Gasteiger partial charge in [0.25, 0.3) is 5.91 Å². The molecule has 2 aromatic heterocycles. The lowest BCUT2D eigenvalue weighted by Crippen LogP contribution is -2.20. The van der Waals surface area contributed by atoms with Crippen molar-refractivity contribution in [3.05, 3.63) is 46.5 Å². The lowest BCUT2D eigenvalue weighted by atomic mass is 10.2. The summed E-state index contributed by atoms with van der Waals surface area (Å²) in [5, 5.41) is 4.31. The third-order valence-corrected chi connectivity index (χ3v) is 5.45. The fourth-order valence-electron chi connectivity index (χ4n) is 2.90. The SMILES string of the molecule is CCOCCn1c(=NC(=O)c2ccn(C(C)C)n2)sc2cc(C(=O)OCC)ccc21. The molecule has 0 unspecified atom stereocenters. The highest BCUT2D eigenvalue weighted by molar-refractivity contribution is 7.16. The maximum absolute atomic E-state index is 12.7. The minimum Gasteiger partial charge on any atom is -0.462 e. The number of thiazole rings is 1. The molecule has 9 heteroatoms. The first-order valence-corrected chi connectivity index (χ1v) is 10.8. The lowest BCUT2D eigenvalue weighted by Gasteiger charge is -2.06. The molecule has 2 heterocycles. The van der Waals surface area contributed by atoms with Gasteiger partial charge in [-0.1, -0.05) is 11.3 Å². The monoisotopic (exact) mass is 430 g/mol. The Hall–Kier alpha value is -2.78. The Morgan fingerprint density at radius 2 is 2.00 bits per heavy atom. The van der Waals surface area contributed by atoms with Crippen LogP contribution in [0, 0.1) is 0 Å². The van der Waals surface area contributed by atoms with Crippen LogP contribution in [0.4, 0.5) is 0 Å². The maximum atomic E-state index is 12.7. The van der Waals surface area contributed by atoms with Gasteiger partial charge in [0.05, 0.1) is 29.0 Å². The van der Waals surface area contributed by atoms with Crippen LogP contribution in [0.3, 0.4) is 0 Å². The van der Waals surface area contributed by atoms with Gasteiger partial charge in [0.1, 0.15) is 0 Å². The topological polar surface area (TPSA) is 87.7 Å². The van der Waals surface area contributed by atoms with Crippen molar-refractivity contribution >= 4 is 33.4 Å². The summed E-state index contributed by atoms with van der Waals surface area (Å²) in [6.07, 6.45) is 1.77. The van der Waals surface area contributed by atoms with Gasteiger partial charge in [-0.3, -0.25) is 9.48 Å². The normalized spacial score (nSPS) is 12.1. The highest BCUT2D eigenvalue weighted by Gasteiger charge is 2.14. The average molecular weight is 431 g/mol. The van der Waals surface area contributed by atoms with E-state index in [9.17, 15) is 9.59 Å². The molecular formula is C21H26N4O4S. The molecule has 0 saturated heterocycles. The molecule has 160 valence electrons. The number of nitrogens with zero attached hydrogens (tertiary/aromatic N) is 4. The van der Waals surface area contributed by atoms with E-state index in [0.29, 0.717) is 42.4 Å². The second kappa shape index (κ2) is 9.82. The molecule has 0 aliphatic carbocycles. The van der Waals surface area contributed by atoms with Crippen LogP contribution in [0.5, 0.6) is 0 Å². The number of hydrogen-bond donors (Lipinski definition) is 0. The number of carbonyl (C=O) groups excluding carboxylic acids is 2. The molecule has 1 aromatic carbocycles. The van der Waals surface area contributed by atoms with Gasteiger partial charge in [-0.15, -0.1) is 0 Å². The number of amides is 1. The van der Waals surface area contributed by atoms with Crippen molar-refractivity contribution in [2.24, 2.45) is 4.99 Å². The quantitative estimate of drug-likeness (QED) is 0.404. The van der Waals surface area contributed by atoms with Crippen LogP contribution >= 0.6 is 11.3 Å². The van der Waals surface area contributed by atoms with E-state index in [1.54, 1.807) is 36.0 Å². The van der Waals surface area contributed by atoms with Gasteiger partial charge in [-0.2, -0.15) is 10.1 Å². The van der Waals surface area contributed by atoms with Crippen LogP contribution in [0.25, 0.3) is 10.2 Å². The summed E-state index contributed by atoms with van der Waals surface area (Å²) in [5.41, 5.74) is 1.65. The first-order valence-electron chi connectivity index (χ1n) is 9.97. The largest absolute Gasteiger partial charge is 0.462 e. The lowest BCUT2D eigenvalue weighted by molar-refractivity contribution is 0.0526. The van der Waals surface area contributed by atoms with Gasteiger partial charge in [-0.25, -0.2) is 4.79 Å². The fourth-order valence-corrected chi connectivity index (χ4v) is 3.99. The fraction of sp³-hybridized carbons (Fsp3) is 0.429. The summed E-state index contributed by atoms with van der Waals surface area (Å²) >= 11 is 1.35. The summed E-state index contributed by atoms with van der Waals surface area (Å²) in [4.78, 5) is 29.7. The number of fused-ring (bicyclic) bond motifs is 1. The van der Waals surface area contributed by atoms with Crippen molar-refractivity contribution in [3.63, 3.8) is 0 Å². The van der Waals surface area contributed by atoms with Crippen LogP contribution in [-0.2, 0) is 16.0 Å². The Kier molecular flexibility index (Phi) is 7.17. The van der Waals surface area contributed by atoms with Gasteiger partial charge in [0, 0.05) is 25.4 Å². The zero-order valence-electron chi connectivity index (χ0n) is 17.6. The van der Waals surface area contributed by atoms with E-state index < -0.39 is 5.91 Å². The Morgan fingerprint density at radius 3 is 2.67 bits per heavy atom. The van der Waals surface area contributed by atoms with E-state index in [1.165, 1.54) is 11.3 Å². The van der Waals surface area contributed by atoms with E-state index in [1.807, 2.05) is 31.4 Å². The van der Waals surface area contributed by atoms with Crippen LogP contribution in [0.15, 0.2) is 35.5 Å². The predicted octanol–water partition coefficient (Wildman–Crippen LogP) is 3.43. The summed E-state index contributed by atoms with van der Waals surface area (Å²) in [7, 11) is 0. The van der Waals surface area contributed by atoms with Gasteiger partial charge in [0.2, 0.25) is 0 Å². The molecule has 0 spiro atoms. The van der Waals surface area contributed by atoms with Crippen LogP contribution in [0.1, 0.15) is 54.6 Å². The molecule has 0 aliphatic rings. The number of ether oxygens (including phenoxy) is 2. The minimum absolute atomic E-state index is 0.160. The summed E-state index contributed by atoms with van der Waals surface area (Å²) in [6, 6.07) is 7.17. The molecule has 3 rings (SSSR count). The molecule has 30 heavy (non-hydrogen) atoms. The van der Waals surface area contributed by atoms with E-state index >= 15 is 0 Å². The number of carbonyl (C=O) groups is 2. The zero-order valence-corrected chi connectivity index (χ0v) is 18.4. The van der Waals surface area contributed by atoms with Crippen molar-refractivity contribution in [2.45, 2.75) is 40.3 Å². The standard InChI is InChI=1S/C21H26N4O4S/c1-5-28-12-11-24-17-8-7-15(20(27)29-6-2)13-18(17)30-21(24)22-19(26)16-9-10-25(23-16)14(3)4/h7-10,13-14H,5-6,11-12H2,1-4H3. The summed E-state index contributed by atoms with van der Waals surface area (Å²) < 4.78 is 15.1. The summed E-state index contributed by atoms with van der Waals surface area (Å²) in [5.74, 6) is -0.779. The number of hydrogen-bond acceptors (Lipinski definition) is 6. The highest BCUT2D eigenvalue weighted by atomic mass is 32.1. The second-order valence-corrected chi connectivity index (χ2v) is 7.84. The second-order valence-electron chi connectivity index (χ2n) is 6.83. The van der Waals surface area contributed by atoms with Crippen molar-refractivity contribution in [1.82, 2.24) is 14.3 Å². The first-order chi connectivity index (χ1) is 14.4. The van der Waals surface area contributed by atoms with E-state index in [0.717, 1.165) is 10.2 Å². The molecule has 1 amide bonds. The number of esters is 1. The van der Waals surface area contributed by atoms with E-state index in [2.05, 4.69) is 10.1 Å². The highest BCUT2D eigenvalue weighted by Crippen LogP contribution is 2.20. The molecule has 0 radical (unpaired) electrons. The molecule has 0 aliphatic heterocycles. The molecule has 0 N–H and O–H groups in total. The van der Waals surface area contributed by atoms with Gasteiger partial charge in [-0.05, 0) is 52.0 Å². The van der Waals surface area contributed by atoms with Gasteiger partial charge >= 0.3 is 5.97 Å². The molecule has 3 aromatic rings. The van der Waals surface area contributed by atoms with Crippen LogP contribution < -0.4 is 4.80 Å². The molecule has 8 nitrogen and oxygen atoms in total. The maximum Gasteiger partial charge on any atom is 0.338 e. The Bertz CT molecular complexity index is 1110. The Labute approximate surface area is 178 Å². The van der Waals surface area contributed by atoms with Crippen LogP contribution in [-0.4, -0.2) is 46.0 Å². The first kappa shape index (κ1) is 21.9. The molecule has 0 bridgehead atoms. The summed E-state index contributed by atoms with van der Waals surface area (Å²) in [6.45, 7) is 9.64. The third-order valence-electron chi connectivity index (χ3n) is 4.41. The van der Waals surface area contributed by atoms with E-state index in [4.69, 9.17) is 9.47 Å². The van der Waals surface area contributed by atoms with Gasteiger partial charge < -0.3 is 14.0 Å². The molecule has 0 atom stereocenters.